The summed E-state index contributed by atoms with van der Waals surface area (Å²) in [6.07, 6.45) is 2.57. The number of rotatable bonds is 3. The summed E-state index contributed by atoms with van der Waals surface area (Å²) in [5, 5.41) is 4.00. The van der Waals surface area contributed by atoms with Crippen molar-refractivity contribution in [1.82, 2.24) is 15.2 Å². The highest BCUT2D eigenvalue weighted by Crippen LogP contribution is 2.22. The van der Waals surface area contributed by atoms with Crippen molar-refractivity contribution in [1.29, 1.82) is 0 Å². The van der Waals surface area contributed by atoms with E-state index in [0.717, 1.165) is 30.6 Å². The first-order valence-corrected chi connectivity index (χ1v) is 8.29. The van der Waals surface area contributed by atoms with Gasteiger partial charge in [0.05, 0.1) is 18.2 Å². The first-order valence-electron chi connectivity index (χ1n) is 8.29. The fourth-order valence-corrected chi connectivity index (χ4v) is 3.50. The summed E-state index contributed by atoms with van der Waals surface area (Å²) in [6.45, 7) is 3.39. The molecule has 2 atom stereocenters. The molecule has 2 aliphatic rings. The van der Waals surface area contributed by atoms with Gasteiger partial charge in [-0.3, -0.25) is 9.69 Å². The second-order valence-corrected chi connectivity index (χ2v) is 6.35. The summed E-state index contributed by atoms with van der Waals surface area (Å²) in [6, 6.07) is 12.1. The van der Waals surface area contributed by atoms with Gasteiger partial charge in [-0.15, -0.1) is 0 Å². The van der Waals surface area contributed by atoms with Crippen LogP contribution in [0, 0.1) is 0 Å². The zero-order valence-electron chi connectivity index (χ0n) is 13.1. The zero-order valence-corrected chi connectivity index (χ0v) is 13.1. The highest BCUT2D eigenvalue weighted by molar-refractivity contribution is 5.94. The van der Waals surface area contributed by atoms with E-state index < -0.39 is 0 Å². The number of aromatic nitrogens is 1. The largest absolute Gasteiger partial charge is 0.373 e. The van der Waals surface area contributed by atoms with Gasteiger partial charge in [0.1, 0.15) is 5.69 Å². The van der Waals surface area contributed by atoms with Crippen LogP contribution in [0.1, 0.15) is 23.3 Å². The normalized spacial score (nSPS) is 24.5. The van der Waals surface area contributed by atoms with Crippen LogP contribution in [0.25, 0.3) is 10.9 Å². The van der Waals surface area contributed by atoms with Crippen LogP contribution in [-0.4, -0.2) is 54.2 Å². The molecule has 5 heteroatoms. The molecule has 1 aromatic heterocycles. The van der Waals surface area contributed by atoms with E-state index in [9.17, 15) is 4.79 Å². The molecular weight excluding hydrogens is 290 g/mol. The van der Waals surface area contributed by atoms with Gasteiger partial charge in [0.15, 0.2) is 0 Å². The Hall–Kier alpha value is -1.98. The predicted molar refractivity (Wildman–Crippen MR) is 88.4 cm³/mol. The van der Waals surface area contributed by atoms with E-state index in [1.165, 1.54) is 12.8 Å². The van der Waals surface area contributed by atoms with Crippen molar-refractivity contribution in [2.75, 3.05) is 26.2 Å². The molecule has 3 heterocycles. The number of hydrogen-bond donors (Lipinski definition) is 1. The Morgan fingerprint density at radius 3 is 3.17 bits per heavy atom. The Morgan fingerprint density at radius 2 is 2.22 bits per heavy atom. The molecule has 2 aliphatic heterocycles. The van der Waals surface area contributed by atoms with Gasteiger partial charge in [-0.2, -0.15) is 0 Å². The summed E-state index contributed by atoms with van der Waals surface area (Å²) in [4.78, 5) is 19.2. The Bertz CT molecular complexity index is 718. The molecule has 0 radical (unpaired) electrons. The number of hydrogen-bond acceptors (Lipinski definition) is 4. The lowest BCUT2D eigenvalue weighted by atomic mass is 10.2. The monoisotopic (exact) mass is 311 g/mol. The van der Waals surface area contributed by atoms with Crippen LogP contribution in [0.4, 0.5) is 0 Å². The molecule has 0 aliphatic carbocycles. The number of pyridine rings is 1. The molecule has 5 nitrogen and oxygen atoms in total. The van der Waals surface area contributed by atoms with Crippen molar-refractivity contribution >= 4 is 16.8 Å². The first kappa shape index (κ1) is 14.6. The van der Waals surface area contributed by atoms with E-state index in [0.29, 0.717) is 18.3 Å². The Balaban J connectivity index is 1.37. The van der Waals surface area contributed by atoms with Crippen LogP contribution in [0.2, 0.25) is 0 Å². The van der Waals surface area contributed by atoms with E-state index in [1.54, 1.807) is 6.07 Å². The molecule has 120 valence electrons. The third-order valence-electron chi connectivity index (χ3n) is 4.78. The van der Waals surface area contributed by atoms with E-state index in [1.807, 2.05) is 30.3 Å². The van der Waals surface area contributed by atoms with Crippen LogP contribution in [0.15, 0.2) is 36.4 Å². The van der Waals surface area contributed by atoms with Crippen molar-refractivity contribution in [3.05, 3.63) is 42.1 Å². The van der Waals surface area contributed by atoms with Crippen LogP contribution in [-0.2, 0) is 4.74 Å². The number of fused-ring (bicyclic) bond motifs is 2. The van der Waals surface area contributed by atoms with Gasteiger partial charge in [-0.25, -0.2) is 4.98 Å². The smallest absolute Gasteiger partial charge is 0.269 e. The summed E-state index contributed by atoms with van der Waals surface area (Å²) in [5.41, 5.74) is 1.30. The Kier molecular flexibility index (Phi) is 3.97. The minimum atomic E-state index is -0.136. The standard InChI is InChI=1S/C18H21N3O2/c22-18(17-8-7-13-4-1-2-6-16(13)20-17)19-10-15-11-21-9-3-5-14(21)12-23-15/h1-2,4,6-8,14-15H,3,5,9-12H2,(H,19,22)/t14-,15-/m1/s1. The number of benzene rings is 1. The summed E-state index contributed by atoms with van der Waals surface area (Å²) in [7, 11) is 0. The molecule has 4 rings (SSSR count). The number of nitrogens with one attached hydrogen (secondary N) is 1. The minimum absolute atomic E-state index is 0.0776. The van der Waals surface area contributed by atoms with Crippen molar-refractivity contribution < 1.29 is 9.53 Å². The van der Waals surface area contributed by atoms with Crippen LogP contribution in [0.3, 0.4) is 0 Å². The Morgan fingerprint density at radius 1 is 1.30 bits per heavy atom. The second kappa shape index (κ2) is 6.26. The van der Waals surface area contributed by atoms with Gasteiger partial charge in [-0.05, 0) is 31.5 Å². The third kappa shape index (κ3) is 3.07. The van der Waals surface area contributed by atoms with Crippen molar-refractivity contribution in [3.8, 4) is 0 Å². The highest BCUT2D eigenvalue weighted by Gasteiger charge is 2.32. The van der Waals surface area contributed by atoms with Gasteiger partial charge in [-0.1, -0.05) is 24.3 Å². The number of amides is 1. The van der Waals surface area contributed by atoms with Crippen molar-refractivity contribution in [2.24, 2.45) is 0 Å². The van der Waals surface area contributed by atoms with E-state index in [2.05, 4.69) is 15.2 Å². The molecule has 1 N–H and O–H groups in total. The summed E-state index contributed by atoms with van der Waals surface area (Å²) < 4.78 is 5.87. The average molecular weight is 311 g/mol. The molecule has 2 aromatic rings. The van der Waals surface area contributed by atoms with Crippen LogP contribution < -0.4 is 5.32 Å². The lowest BCUT2D eigenvalue weighted by Gasteiger charge is -2.35. The Labute approximate surface area is 135 Å². The maximum Gasteiger partial charge on any atom is 0.269 e. The lowest BCUT2D eigenvalue weighted by molar-refractivity contribution is -0.0462. The number of para-hydroxylation sites is 1. The molecular formula is C18H21N3O2. The van der Waals surface area contributed by atoms with Crippen molar-refractivity contribution in [3.63, 3.8) is 0 Å². The molecule has 2 fully saturated rings. The minimum Gasteiger partial charge on any atom is -0.373 e. The summed E-state index contributed by atoms with van der Waals surface area (Å²) in [5.74, 6) is -0.136. The molecule has 23 heavy (non-hydrogen) atoms. The van der Waals surface area contributed by atoms with Crippen LogP contribution >= 0.6 is 0 Å². The topological polar surface area (TPSA) is 54.5 Å². The van der Waals surface area contributed by atoms with E-state index >= 15 is 0 Å². The molecule has 1 amide bonds. The number of ether oxygens (including phenoxy) is 1. The quantitative estimate of drug-likeness (QED) is 0.939. The maximum atomic E-state index is 12.3. The highest BCUT2D eigenvalue weighted by atomic mass is 16.5. The second-order valence-electron chi connectivity index (χ2n) is 6.35. The molecule has 1 aromatic carbocycles. The van der Waals surface area contributed by atoms with Gasteiger partial charge in [0, 0.05) is 24.5 Å². The maximum absolute atomic E-state index is 12.3. The van der Waals surface area contributed by atoms with Gasteiger partial charge < -0.3 is 10.1 Å². The van der Waals surface area contributed by atoms with Crippen molar-refractivity contribution in [2.45, 2.75) is 25.0 Å². The number of morpholine rings is 1. The number of carbonyl (C=O) groups is 1. The zero-order chi connectivity index (χ0) is 15.6. The van der Waals surface area contributed by atoms with Gasteiger partial charge >= 0.3 is 0 Å². The molecule has 2 saturated heterocycles. The molecule has 0 bridgehead atoms. The van der Waals surface area contributed by atoms with Gasteiger partial charge in [0.2, 0.25) is 0 Å². The fourth-order valence-electron chi connectivity index (χ4n) is 3.50. The SMILES string of the molecule is O=C(NC[C@@H]1CN2CCC[C@@H]2CO1)c1ccc2ccccc2n1. The number of carbonyl (C=O) groups excluding carboxylic acids is 1. The molecule has 0 saturated carbocycles. The van der Waals surface area contributed by atoms with Crippen LogP contribution in [0.5, 0.6) is 0 Å². The van der Waals surface area contributed by atoms with E-state index in [-0.39, 0.29) is 12.0 Å². The fraction of sp³-hybridized carbons (Fsp3) is 0.444. The average Bonchev–Trinajstić information content (AvgIpc) is 3.07. The number of nitrogens with zero attached hydrogens (tertiary/aromatic N) is 2. The molecule has 0 spiro atoms. The molecule has 0 unspecified atom stereocenters. The van der Waals surface area contributed by atoms with Gasteiger partial charge in [0.25, 0.3) is 5.91 Å². The predicted octanol–water partition coefficient (Wildman–Crippen LogP) is 1.83. The van der Waals surface area contributed by atoms with E-state index in [4.69, 9.17) is 4.74 Å². The lowest BCUT2D eigenvalue weighted by Crippen LogP contribution is -2.50. The summed E-state index contributed by atoms with van der Waals surface area (Å²) >= 11 is 0. The third-order valence-corrected chi connectivity index (χ3v) is 4.78. The first-order chi connectivity index (χ1) is 11.3.